The summed E-state index contributed by atoms with van der Waals surface area (Å²) in [6.07, 6.45) is 2.87. The third kappa shape index (κ3) is 4.31. The molecule has 0 saturated heterocycles. The molecule has 0 aliphatic heterocycles. The Labute approximate surface area is 125 Å². The van der Waals surface area contributed by atoms with Crippen LogP contribution in [0.2, 0.25) is 0 Å². The van der Waals surface area contributed by atoms with Crippen LogP contribution in [0.5, 0.6) is 0 Å². The molecule has 2 N–H and O–H groups in total. The van der Waals surface area contributed by atoms with Gasteiger partial charge in [-0.15, -0.1) is 11.3 Å². The number of aryl methyl sites for hydroxylation is 1. The molecule has 2 aromatic rings. The molecule has 0 spiro atoms. The third-order valence-corrected chi connectivity index (χ3v) is 5.48. The second-order valence-electron chi connectivity index (χ2n) is 4.26. The minimum Gasteiger partial charge on any atom is -0.481 e. The van der Waals surface area contributed by atoms with Gasteiger partial charge in [0.05, 0.1) is 30.6 Å². The van der Waals surface area contributed by atoms with Crippen molar-refractivity contribution in [1.82, 2.24) is 14.7 Å². The van der Waals surface area contributed by atoms with Gasteiger partial charge in [0, 0.05) is 11.1 Å². The van der Waals surface area contributed by atoms with Crippen LogP contribution in [0.15, 0.2) is 28.7 Å². The molecule has 2 aromatic heterocycles. The second kappa shape index (κ2) is 6.29. The maximum absolute atomic E-state index is 12.1. The van der Waals surface area contributed by atoms with Crippen molar-refractivity contribution < 1.29 is 18.3 Å². The predicted molar refractivity (Wildman–Crippen MR) is 76.5 cm³/mol. The molecule has 0 aliphatic rings. The molecule has 0 atom stereocenters. The summed E-state index contributed by atoms with van der Waals surface area (Å²) in [7, 11) is -3.68. The topological polar surface area (TPSA) is 109 Å². The van der Waals surface area contributed by atoms with Crippen molar-refractivity contribution in [2.75, 3.05) is 0 Å². The van der Waals surface area contributed by atoms with E-state index in [9.17, 15) is 13.2 Å². The first kappa shape index (κ1) is 15.5. The van der Waals surface area contributed by atoms with Crippen LogP contribution in [0.3, 0.4) is 0 Å². The lowest BCUT2D eigenvalue weighted by Crippen LogP contribution is -2.23. The van der Waals surface area contributed by atoms with Gasteiger partial charge in [0.15, 0.2) is 0 Å². The zero-order chi connectivity index (χ0) is 15.5. The number of carboxylic acid groups (broad SMARTS) is 1. The van der Waals surface area contributed by atoms with Crippen molar-refractivity contribution in [2.45, 2.75) is 24.1 Å². The highest BCUT2D eigenvalue weighted by Gasteiger charge is 2.17. The SMILES string of the molecule is Cc1cnc(CNS(=O)(=O)c2ccc(CC(=O)O)s2)cn1. The number of aliphatic carboxylic acids is 1. The normalized spacial score (nSPS) is 11.5. The van der Waals surface area contributed by atoms with Crippen molar-refractivity contribution in [3.63, 3.8) is 0 Å². The van der Waals surface area contributed by atoms with E-state index in [2.05, 4.69) is 14.7 Å². The molecule has 0 amide bonds. The highest BCUT2D eigenvalue weighted by molar-refractivity contribution is 7.91. The van der Waals surface area contributed by atoms with Gasteiger partial charge < -0.3 is 5.11 Å². The first-order valence-electron chi connectivity index (χ1n) is 5.94. The summed E-state index contributed by atoms with van der Waals surface area (Å²) in [6.45, 7) is 1.82. The second-order valence-corrected chi connectivity index (χ2v) is 7.43. The quantitative estimate of drug-likeness (QED) is 0.817. The van der Waals surface area contributed by atoms with Crippen LogP contribution in [0.1, 0.15) is 16.3 Å². The van der Waals surface area contributed by atoms with E-state index in [4.69, 9.17) is 5.11 Å². The van der Waals surface area contributed by atoms with Crippen molar-refractivity contribution in [2.24, 2.45) is 0 Å². The average molecular weight is 327 g/mol. The van der Waals surface area contributed by atoms with Crippen LogP contribution < -0.4 is 4.72 Å². The Hall–Kier alpha value is -1.84. The van der Waals surface area contributed by atoms with Crippen molar-refractivity contribution >= 4 is 27.3 Å². The molecule has 0 bridgehead atoms. The first-order valence-corrected chi connectivity index (χ1v) is 8.24. The number of aromatic nitrogens is 2. The number of rotatable bonds is 6. The molecule has 9 heteroatoms. The van der Waals surface area contributed by atoms with Gasteiger partial charge in [0.2, 0.25) is 10.0 Å². The van der Waals surface area contributed by atoms with Gasteiger partial charge in [-0.05, 0) is 19.1 Å². The highest BCUT2D eigenvalue weighted by Crippen LogP contribution is 2.22. The Balaban J connectivity index is 2.06. The van der Waals surface area contributed by atoms with E-state index in [0.29, 0.717) is 10.6 Å². The summed E-state index contributed by atoms with van der Waals surface area (Å²) >= 11 is 0.938. The Bertz CT molecular complexity index is 738. The summed E-state index contributed by atoms with van der Waals surface area (Å²) in [5, 5.41) is 8.68. The van der Waals surface area contributed by atoms with Gasteiger partial charge in [-0.25, -0.2) is 13.1 Å². The van der Waals surface area contributed by atoms with E-state index >= 15 is 0 Å². The van der Waals surface area contributed by atoms with Gasteiger partial charge in [0.25, 0.3) is 0 Å². The minimum atomic E-state index is -3.68. The Kier molecular flexibility index (Phi) is 4.66. The van der Waals surface area contributed by atoms with Gasteiger partial charge in [-0.2, -0.15) is 0 Å². The van der Waals surface area contributed by atoms with Gasteiger partial charge >= 0.3 is 5.97 Å². The summed E-state index contributed by atoms with van der Waals surface area (Å²) in [5.41, 5.74) is 1.25. The zero-order valence-corrected chi connectivity index (χ0v) is 12.7. The Morgan fingerprint density at radius 1 is 1.33 bits per heavy atom. The smallest absolute Gasteiger partial charge is 0.308 e. The number of carbonyl (C=O) groups is 1. The fraction of sp³-hybridized carbons (Fsp3) is 0.250. The number of carboxylic acids is 1. The first-order chi connectivity index (χ1) is 9.87. The third-order valence-electron chi connectivity index (χ3n) is 2.51. The molecule has 7 nitrogen and oxygen atoms in total. The fourth-order valence-electron chi connectivity index (χ4n) is 1.50. The molecule has 0 aromatic carbocycles. The summed E-state index contributed by atoms with van der Waals surface area (Å²) in [5.74, 6) is -0.997. The fourth-order valence-corrected chi connectivity index (χ4v) is 3.89. The maximum Gasteiger partial charge on any atom is 0.308 e. The number of hydrogen-bond acceptors (Lipinski definition) is 6. The highest BCUT2D eigenvalue weighted by atomic mass is 32.2. The average Bonchev–Trinajstić information content (AvgIpc) is 2.86. The number of nitrogens with zero attached hydrogens (tertiary/aromatic N) is 2. The number of hydrogen-bond donors (Lipinski definition) is 2. The largest absolute Gasteiger partial charge is 0.481 e. The van der Waals surface area contributed by atoms with E-state index in [1.54, 1.807) is 13.1 Å². The molecular weight excluding hydrogens is 314 g/mol. The summed E-state index contributed by atoms with van der Waals surface area (Å²) < 4.78 is 26.6. The molecule has 0 aliphatic carbocycles. The van der Waals surface area contributed by atoms with E-state index in [-0.39, 0.29) is 17.2 Å². The lowest BCUT2D eigenvalue weighted by Gasteiger charge is -2.04. The van der Waals surface area contributed by atoms with E-state index in [1.807, 2.05) is 0 Å². The lowest BCUT2D eigenvalue weighted by atomic mass is 10.3. The molecule has 0 fully saturated rings. The van der Waals surface area contributed by atoms with Crippen LogP contribution in [0, 0.1) is 6.92 Å². The number of sulfonamides is 1. The molecular formula is C12H13N3O4S2. The van der Waals surface area contributed by atoms with Gasteiger partial charge in [-0.3, -0.25) is 14.8 Å². The van der Waals surface area contributed by atoms with Crippen LogP contribution in [-0.2, 0) is 27.8 Å². The molecule has 2 heterocycles. The number of nitrogens with one attached hydrogen (secondary N) is 1. The van der Waals surface area contributed by atoms with Gasteiger partial charge in [0.1, 0.15) is 4.21 Å². The summed E-state index contributed by atoms with van der Waals surface area (Å²) in [4.78, 5) is 19.2. The minimum absolute atomic E-state index is 0.0295. The molecule has 0 radical (unpaired) electrons. The van der Waals surface area contributed by atoms with E-state index in [0.717, 1.165) is 17.0 Å². The zero-order valence-electron chi connectivity index (χ0n) is 11.1. The summed E-state index contributed by atoms with van der Waals surface area (Å²) in [6, 6.07) is 2.89. The van der Waals surface area contributed by atoms with Crippen molar-refractivity contribution in [1.29, 1.82) is 0 Å². The lowest BCUT2D eigenvalue weighted by molar-refractivity contribution is -0.136. The van der Waals surface area contributed by atoms with Crippen molar-refractivity contribution in [3.05, 3.63) is 40.8 Å². The van der Waals surface area contributed by atoms with Crippen molar-refractivity contribution in [3.8, 4) is 0 Å². The monoisotopic (exact) mass is 327 g/mol. The van der Waals surface area contributed by atoms with Gasteiger partial charge in [-0.1, -0.05) is 0 Å². The molecule has 0 saturated carbocycles. The van der Waals surface area contributed by atoms with Crippen LogP contribution >= 0.6 is 11.3 Å². The standard InChI is InChI=1S/C12H13N3O4S2/c1-8-5-14-9(6-13-8)7-15-21(18,19)12-3-2-10(20-12)4-11(16)17/h2-3,5-6,15H,4,7H2,1H3,(H,16,17). The predicted octanol–water partition coefficient (Wildman–Crippen LogP) is 0.952. The van der Waals surface area contributed by atoms with E-state index in [1.165, 1.54) is 18.3 Å². The van der Waals surface area contributed by atoms with Crippen LogP contribution in [0.25, 0.3) is 0 Å². The molecule has 21 heavy (non-hydrogen) atoms. The maximum atomic E-state index is 12.1. The Morgan fingerprint density at radius 3 is 2.71 bits per heavy atom. The van der Waals surface area contributed by atoms with E-state index < -0.39 is 16.0 Å². The van der Waals surface area contributed by atoms with Crippen LogP contribution in [0.4, 0.5) is 0 Å². The molecule has 0 unspecified atom stereocenters. The van der Waals surface area contributed by atoms with Crippen LogP contribution in [-0.4, -0.2) is 29.5 Å². The Morgan fingerprint density at radius 2 is 2.10 bits per heavy atom. The molecule has 112 valence electrons. The molecule has 2 rings (SSSR count). The number of thiophene rings is 1.